The van der Waals surface area contributed by atoms with E-state index in [0.717, 1.165) is 29.9 Å². The summed E-state index contributed by atoms with van der Waals surface area (Å²) >= 11 is 0. The SMILES string of the molecule is O=C1OCC[C@H]2C=CC[C@H](c3ccc4c(c3)OCO4)[C@@H]12. The molecule has 0 spiro atoms. The highest BCUT2D eigenvalue weighted by molar-refractivity contribution is 5.75. The van der Waals surface area contributed by atoms with E-state index >= 15 is 0 Å². The number of carbonyl (C=O) groups is 1. The largest absolute Gasteiger partial charge is 0.465 e. The second kappa shape index (κ2) is 4.54. The lowest BCUT2D eigenvalue weighted by Crippen LogP contribution is -2.37. The van der Waals surface area contributed by atoms with Crippen molar-refractivity contribution in [3.63, 3.8) is 0 Å². The van der Waals surface area contributed by atoms with Crippen LogP contribution in [0.2, 0.25) is 0 Å². The summed E-state index contributed by atoms with van der Waals surface area (Å²) in [7, 11) is 0. The molecule has 0 amide bonds. The van der Waals surface area contributed by atoms with Crippen molar-refractivity contribution >= 4 is 5.97 Å². The number of allylic oxidation sites excluding steroid dienone is 2. The molecule has 2 heterocycles. The monoisotopic (exact) mass is 272 g/mol. The summed E-state index contributed by atoms with van der Waals surface area (Å²) in [6, 6.07) is 5.97. The van der Waals surface area contributed by atoms with Crippen molar-refractivity contribution in [1.29, 1.82) is 0 Å². The van der Waals surface area contributed by atoms with Gasteiger partial charge in [-0.05, 0) is 36.5 Å². The highest BCUT2D eigenvalue weighted by atomic mass is 16.7. The van der Waals surface area contributed by atoms with Gasteiger partial charge in [0.25, 0.3) is 0 Å². The van der Waals surface area contributed by atoms with Crippen LogP contribution in [0, 0.1) is 11.8 Å². The number of fused-ring (bicyclic) bond motifs is 2. The molecule has 1 saturated heterocycles. The lowest BCUT2D eigenvalue weighted by atomic mass is 9.71. The van der Waals surface area contributed by atoms with Gasteiger partial charge in [-0.1, -0.05) is 18.2 Å². The topological polar surface area (TPSA) is 44.8 Å². The first kappa shape index (κ1) is 11.8. The van der Waals surface area contributed by atoms with Crippen molar-refractivity contribution in [3.05, 3.63) is 35.9 Å². The molecule has 0 aromatic heterocycles. The summed E-state index contributed by atoms with van der Waals surface area (Å²) in [6.45, 7) is 0.815. The zero-order valence-electron chi connectivity index (χ0n) is 11.1. The molecule has 3 atom stereocenters. The molecule has 3 aliphatic rings. The molecule has 4 nitrogen and oxygen atoms in total. The summed E-state index contributed by atoms with van der Waals surface area (Å²) < 4.78 is 16.0. The van der Waals surface area contributed by atoms with E-state index in [9.17, 15) is 4.79 Å². The Hall–Kier alpha value is -1.97. The van der Waals surface area contributed by atoms with Crippen LogP contribution < -0.4 is 9.47 Å². The minimum Gasteiger partial charge on any atom is -0.465 e. The average molecular weight is 272 g/mol. The maximum atomic E-state index is 12.1. The third-order valence-electron chi connectivity index (χ3n) is 4.46. The predicted octanol–water partition coefficient (Wildman–Crippen LogP) is 2.64. The Balaban J connectivity index is 1.70. The molecule has 2 aliphatic heterocycles. The molecular weight excluding hydrogens is 256 g/mol. The fraction of sp³-hybridized carbons (Fsp3) is 0.438. The van der Waals surface area contributed by atoms with Gasteiger partial charge in [0.1, 0.15) is 0 Å². The van der Waals surface area contributed by atoms with Crippen molar-refractivity contribution in [1.82, 2.24) is 0 Å². The van der Waals surface area contributed by atoms with E-state index in [4.69, 9.17) is 14.2 Å². The van der Waals surface area contributed by atoms with Crippen LogP contribution in [0.1, 0.15) is 24.3 Å². The quantitative estimate of drug-likeness (QED) is 0.582. The van der Waals surface area contributed by atoms with Crippen LogP contribution in [0.15, 0.2) is 30.4 Å². The number of rotatable bonds is 1. The molecule has 0 saturated carbocycles. The highest BCUT2D eigenvalue weighted by Crippen LogP contribution is 2.44. The Labute approximate surface area is 117 Å². The number of cyclic esters (lactones) is 1. The fourth-order valence-electron chi connectivity index (χ4n) is 3.46. The summed E-state index contributed by atoms with van der Waals surface area (Å²) in [5.74, 6) is 1.91. The molecule has 4 rings (SSSR count). The van der Waals surface area contributed by atoms with Crippen molar-refractivity contribution in [2.45, 2.75) is 18.8 Å². The molecule has 20 heavy (non-hydrogen) atoms. The zero-order chi connectivity index (χ0) is 13.5. The summed E-state index contributed by atoms with van der Waals surface area (Å²) in [4.78, 5) is 12.1. The average Bonchev–Trinajstić information content (AvgIpc) is 2.94. The van der Waals surface area contributed by atoms with Gasteiger partial charge in [0.05, 0.1) is 12.5 Å². The molecule has 104 valence electrons. The lowest BCUT2D eigenvalue weighted by molar-refractivity contribution is -0.156. The van der Waals surface area contributed by atoms with Gasteiger partial charge in [-0.2, -0.15) is 0 Å². The molecule has 0 N–H and O–H groups in total. The summed E-state index contributed by atoms with van der Waals surface area (Å²) in [5.41, 5.74) is 1.13. The first-order valence-electron chi connectivity index (χ1n) is 7.06. The molecular formula is C16H16O4. The predicted molar refractivity (Wildman–Crippen MR) is 71.6 cm³/mol. The van der Waals surface area contributed by atoms with E-state index in [1.165, 1.54) is 0 Å². The molecule has 0 radical (unpaired) electrons. The van der Waals surface area contributed by atoms with Gasteiger partial charge in [-0.25, -0.2) is 0 Å². The highest BCUT2D eigenvalue weighted by Gasteiger charge is 2.40. The third-order valence-corrected chi connectivity index (χ3v) is 4.46. The van der Waals surface area contributed by atoms with Crippen molar-refractivity contribution < 1.29 is 19.0 Å². The van der Waals surface area contributed by atoms with Gasteiger partial charge in [-0.3, -0.25) is 4.79 Å². The summed E-state index contributed by atoms with van der Waals surface area (Å²) in [5, 5.41) is 0. The Bertz CT molecular complexity index is 578. The van der Waals surface area contributed by atoms with Crippen LogP contribution in [0.5, 0.6) is 11.5 Å². The van der Waals surface area contributed by atoms with Gasteiger partial charge in [0.15, 0.2) is 11.5 Å². The van der Waals surface area contributed by atoms with Crippen molar-refractivity contribution in [2.75, 3.05) is 13.4 Å². The van der Waals surface area contributed by atoms with E-state index in [1.807, 2.05) is 18.2 Å². The minimum absolute atomic E-state index is 0.0610. The van der Waals surface area contributed by atoms with E-state index in [-0.39, 0.29) is 24.6 Å². The maximum absolute atomic E-state index is 12.1. The van der Waals surface area contributed by atoms with Crippen LogP contribution in [0.3, 0.4) is 0 Å². The van der Waals surface area contributed by atoms with E-state index in [2.05, 4.69) is 12.2 Å². The fourth-order valence-corrected chi connectivity index (χ4v) is 3.46. The van der Waals surface area contributed by atoms with Crippen LogP contribution in [-0.2, 0) is 9.53 Å². The van der Waals surface area contributed by atoms with Crippen molar-refractivity contribution in [3.8, 4) is 11.5 Å². The third kappa shape index (κ3) is 1.79. The second-order valence-corrected chi connectivity index (χ2v) is 5.53. The van der Waals surface area contributed by atoms with Gasteiger partial charge in [0.2, 0.25) is 6.79 Å². The number of carbonyl (C=O) groups excluding carboxylic acids is 1. The minimum atomic E-state index is -0.0618. The Morgan fingerprint density at radius 2 is 2.00 bits per heavy atom. The van der Waals surface area contributed by atoms with Gasteiger partial charge in [0, 0.05) is 5.92 Å². The Morgan fingerprint density at radius 3 is 2.95 bits per heavy atom. The molecule has 1 aliphatic carbocycles. The van der Waals surface area contributed by atoms with E-state index in [1.54, 1.807) is 0 Å². The number of hydrogen-bond donors (Lipinski definition) is 0. The van der Waals surface area contributed by atoms with Crippen LogP contribution in [-0.4, -0.2) is 19.4 Å². The van der Waals surface area contributed by atoms with E-state index in [0.29, 0.717) is 12.5 Å². The Morgan fingerprint density at radius 1 is 1.10 bits per heavy atom. The number of hydrogen-bond acceptors (Lipinski definition) is 4. The molecule has 4 heteroatoms. The standard InChI is InChI=1S/C16H16O4/c17-16-15-10(6-7-18-16)2-1-3-12(15)11-4-5-13-14(8-11)20-9-19-13/h1-2,4-5,8,10,12,15H,3,6-7,9H2/t10-,12-,15+/m1/s1. The number of esters is 1. The van der Waals surface area contributed by atoms with Gasteiger partial charge < -0.3 is 14.2 Å². The van der Waals surface area contributed by atoms with Crippen molar-refractivity contribution in [2.24, 2.45) is 11.8 Å². The van der Waals surface area contributed by atoms with E-state index < -0.39 is 0 Å². The molecule has 1 aromatic carbocycles. The summed E-state index contributed by atoms with van der Waals surface area (Å²) in [6.07, 6.45) is 6.16. The molecule has 0 bridgehead atoms. The molecule has 1 aromatic rings. The van der Waals surface area contributed by atoms with Crippen LogP contribution in [0.4, 0.5) is 0 Å². The second-order valence-electron chi connectivity index (χ2n) is 5.53. The van der Waals surface area contributed by atoms with Gasteiger partial charge >= 0.3 is 5.97 Å². The van der Waals surface area contributed by atoms with Gasteiger partial charge in [-0.15, -0.1) is 0 Å². The molecule has 1 fully saturated rings. The number of benzene rings is 1. The Kier molecular flexibility index (Phi) is 2.69. The normalized spacial score (nSPS) is 30.8. The first-order valence-corrected chi connectivity index (χ1v) is 7.06. The number of ether oxygens (including phenoxy) is 3. The zero-order valence-corrected chi connectivity index (χ0v) is 11.1. The maximum Gasteiger partial charge on any atom is 0.310 e. The molecule has 0 unspecified atom stereocenters. The first-order chi connectivity index (χ1) is 9.83. The smallest absolute Gasteiger partial charge is 0.310 e. The lowest BCUT2D eigenvalue weighted by Gasteiger charge is -2.36. The van der Waals surface area contributed by atoms with Crippen LogP contribution in [0.25, 0.3) is 0 Å². The van der Waals surface area contributed by atoms with Crippen LogP contribution >= 0.6 is 0 Å².